The molecule has 3 atom stereocenters. The molecule has 1 spiro atoms. The summed E-state index contributed by atoms with van der Waals surface area (Å²) in [5, 5.41) is 21.4. The predicted molar refractivity (Wildman–Crippen MR) is 59.3 cm³/mol. The van der Waals surface area contributed by atoms with Crippen molar-refractivity contribution >= 4 is 11.6 Å². The van der Waals surface area contributed by atoms with Gasteiger partial charge in [0.2, 0.25) is 0 Å². The zero-order valence-electron chi connectivity index (χ0n) is 9.87. The van der Waals surface area contributed by atoms with Gasteiger partial charge < -0.3 is 10.2 Å². The highest BCUT2D eigenvalue weighted by atomic mass is 16.3. The van der Waals surface area contributed by atoms with Gasteiger partial charge in [0.15, 0.2) is 11.6 Å². The van der Waals surface area contributed by atoms with Gasteiger partial charge in [-0.25, -0.2) is 0 Å². The van der Waals surface area contributed by atoms with E-state index in [9.17, 15) is 19.8 Å². The third-order valence-corrected chi connectivity index (χ3v) is 5.37. The molecule has 3 fully saturated rings. The molecular weight excluding hydrogens is 220 g/mol. The maximum absolute atomic E-state index is 12.1. The highest BCUT2D eigenvalue weighted by molar-refractivity contribution is 5.96. The van der Waals surface area contributed by atoms with Gasteiger partial charge >= 0.3 is 0 Å². The van der Waals surface area contributed by atoms with E-state index in [0.717, 1.165) is 0 Å². The lowest BCUT2D eigenvalue weighted by Gasteiger charge is -2.56. The Morgan fingerprint density at radius 1 is 0.765 bits per heavy atom. The molecule has 4 nitrogen and oxygen atoms in total. The average Bonchev–Trinajstić information content (AvgIpc) is 2.54. The number of aliphatic hydroxyl groups is 2. The fraction of sp³-hybridized carbons (Fsp3) is 0.846. The average molecular weight is 238 g/mol. The normalized spacial score (nSPS) is 50.0. The number of hydrogen-bond acceptors (Lipinski definition) is 4. The minimum absolute atomic E-state index is 0.170. The lowest BCUT2D eigenvalue weighted by Crippen LogP contribution is -2.68. The summed E-state index contributed by atoms with van der Waals surface area (Å²) in [4.78, 5) is 24.0. The molecule has 17 heavy (non-hydrogen) atoms. The topological polar surface area (TPSA) is 74.6 Å². The van der Waals surface area contributed by atoms with Gasteiger partial charge in [0.05, 0.1) is 0 Å². The molecule has 0 heterocycles. The first-order chi connectivity index (χ1) is 7.96. The van der Waals surface area contributed by atoms with E-state index in [2.05, 4.69) is 0 Å². The third-order valence-electron chi connectivity index (χ3n) is 5.37. The molecule has 0 aromatic rings. The van der Waals surface area contributed by atoms with E-state index in [1.54, 1.807) is 0 Å². The number of carbonyl (C=O) groups is 2. The number of ketones is 2. The minimum Gasteiger partial charge on any atom is -0.381 e. The Hall–Kier alpha value is -0.740. The van der Waals surface area contributed by atoms with Gasteiger partial charge in [-0.1, -0.05) is 0 Å². The number of Topliss-reactive ketones (excluding diaryl/α,β-unsaturated/α-hetero) is 2. The van der Waals surface area contributed by atoms with Crippen LogP contribution in [-0.2, 0) is 9.59 Å². The van der Waals surface area contributed by atoms with Crippen LogP contribution in [0, 0.1) is 5.41 Å². The fourth-order valence-corrected chi connectivity index (χ4v) is 4.48. The first kappa shape index (κ1) is 11.4. The molecule has 0 aliphatic heterocycles. The second-order valence-electron chi connectivity index (χ2n) is 5.86. The Kier molecular flexibility index (Phi) is 2.12. The highest BCUT2D eigenvalue weighted by Crippen LogP contribution is 2.62. The van der Waals surface area contributed by atoms with E-state index in [1.807, 2.05) is 0 Å². The van der Waals surface area contributed by atoms with E-state index in [4.69, 9.17) is 0 Å². The van der Waals surface area contributed by atoms with Crippen LogP contribution < -0.4 is 0 Å². The van der Waals surface area contributed by atoms with Crippen LogP contribution in [0.3, 0.4) is 0 Å². The van der Waals surface area contributed by atoms with Gasteiger partial charge in [-0.15, -0.1) is 0 Å². The second kappa shape index (κ2) is 3.18. The molecule has 3 aliphatic rings. The zero-order chi connectivity index (χ0) is 12.3. The van der Waals surface area contributed by atoms with Crippen molar-refractivity contribution in [2.24, 2.45) is 5.41 Å². The molecule has 0 aromatic heterocycles. The largest absolute Gasteiger partial charge is 0.381 e. The fourth-order valence-electron chi connectivity index (χ4n) is 4.48. The Balaban J connectivity index is 2.17. The van der Waals surface area contributed by atoms with Gasteiger partial charge in [0.1, 0.15) is 11.2 Å². The van der Waals surface area contributed by atoms with Crippen LogP contribution >= 0.6 is 0 Å². The van der Waals surface area contributed by atoms with Crippen molar-refractivity contribution in [2.75, 3.05) is 0 Å². The lowest BCUT2D eigenvalue weighted by molar-refractivity contribution is -0.217. The molecule has 94 valence electrons. The van der Waals surface area contributed by atoms with Crippen molar-refractivity contribution in [1.82, 2.24) is 0 Å². The Bertz CT molecular complexity index is 404. The Labute approximate surface area is 100 Å². The Morgan fingerprint density at radius 3 is 2.00 bits per heavy atom. The molecule has 2 N–H and O–H groups in total. The van der Waals surface area contributed by atoms with Crippen LogP contribution in [0.15, 0.2) is 0 Å². The summed E-state index contributed by atoms with van der Waals surface area (Å²) >= 11 is 0. The number of carbonyl (C=O) groups excluding carboxylic acids is 2. The zero-order valence-corrected chi connectivity index (χ0v) is 9.87. The van der Waals surface area contributed by atoms with Gasteiger partial charge in [0, 0.05) is 18.3 Å². The third kappa shape index (κ3) is 1.06. The van der Waals surface area contributed by atoms with Gasteiger partial charge in [-0.3, -0.25) is 9.59 Å². The monoisotopic (exact) mass is 238 g/mol. The summed E-state index contributed by atoms with van der Waals surface area (Å²) in [5.74, 6) is -0.345. The van der Waals surface area contributed by atoms with Crippen LogP contribution in [0.25, 0.3) is 0 Å². The maximum atomic E-state index is 12.1. The SMILES string of the molecule is O=C1CCC[C@]23CCC(=O)[C@]2(O)CCC[C@@]13O. The molecule has 0 unspecified atom stereocenters. The summed E-state index contributed by atoms with van der Waals surface area (Å²) in [6, 6.07) is 0. The van der Waals surface area contributed by atoms with Crippen molar-refractivity contribution in [1.29, 1.82) is 0 Å². The van der Waals surface area contributed by atoms with E-state index in [1.165, 1.54) is 0 Å². The first-order valence-corrected chi connectivity index (χ1v) is 6.48. The summed E-state index contributed by atoms with van der Waals surface area (Å²) in [5.41, 5.74) is -3.79. The summed E-state index contributed by atoms with van der Waals surface area (Å²) in [6.07, 6.45) is 3.77. The van der Waals surface area contributed by atoms with Crippen LogP contribution in [-0.4, -0.2) is 33.0 Å². The first-order valence-electron chi connectivity index (χ1n) is 6.48. The molecule has 0 bridgehead atoms. The smallest absolute Gasteiger partial charge is 0.165 e. The number of hydrogen-bond donors (Lipinski definition) is 2. The minimum atomic E-state index is -1.45. The van der Waals surface area contributed by atoms with Crippen molar-refractivity contribution in [3.05, 3.63) is 0 Å². The molecular formula is C13H18O4. The maximum Gasteiger partial charge on any atom is 0.165 e. The molecule has 0 saturated heterocycles. The van der Waals surface area contributed by atoms with E-state index >= 15 is 0 Å². The summed E-state index contributed by atoms with van der Waals surface area (Å²) < 4.78 is 0. The van der Waals surface area contributed by atoms with Crippen LogP contribution in [0.5, 0.6) is 0 Å². The number of rotatable bonds is 0. The van der Waals surface area contributed by atoms with Crippen molar-refractivity contribution in [2.45, 2.75) is 62.6 Å². The Morgan fingerprint density at radius 2 is 1.35 bits per heavy atom. The molecule has 4 heteroatoms. The van der Waals surface area contributed by atoms with Crippen LogP contribution in [0.2, 0.25) is 0 Å². The van der Waals surface area contributed by atoms with Gasteiger partial charge in [0.25, 0.3) is 0 Å². The lowest BCUT2D eigenvalue weighted by atomic mass is 9.50. The van der Waals surface area contributed by atoms with Crippen molar-refractivity contribution in [3.63, 3.8) is 0 Å². The van der Waals surface area contributed by atoms with Gasteiger partial charge in [-0.2, -0.15) is 0 Å². The molecule has 3 aliphatic carbocycles. The van der Waals surface area contributed by atoms with Crippen LogP contribution in [0.4, 0.5) is 0 Å². The molecule has 0 radical (unpaired) electrons. The molecule has 3 rings (SSSR count). The predicted octanol–water partition coefficient (Wildman–Crippen LogP) is 0.735. The summed E-state index contributed by atoms with van der Waals surface area (Å²) in [6.45, 7) is 0. The highest BCUT2D eigenvalue weighted by Gasteiger charge is 2.72. The van der Waals surface area contributed by atoms with E-state index in [0.29, 0.717) is 51.4 Å². The second-order valence-corrected chi connectivity index (χ2v) is 5.86. The van der Waals surface area contributed by atoms with Crippen molar-refractivity contribution in [3.8, 4) is 0 Å². The molecule has 0 amide bonds. The van der Waals surface area contributed by atoms with Crippen LogP contribution in [0.1, 0.15) is 51.4 Å². The van der Waals surface area contributed by atoms with E-state index < -0.39 is 16.6 Å². The standard InChI is InChI=1S/C13H18O4/c14-9-3-1-5-11-8-4-10(15)13(11,17)7-2-6-12(9,11)16/h16-17H,1-8H2/t11-,12-,13-/m1/s1. The van der Waals surface area contributed by atoms with Crippen molar-refractivity contribution < 1.29 is 19.8 Å². The molecule has 0 aromatic carbocycles. The van der Waals surface area contributed by atoms with Gasteiger partial charge in [-0.05, 0) is 38.5 Å². The van der Waals surface area contributed by atoms with E-state index in [-0.39, 0.29) is 11.6 Å². The quantitative estimate of drug-likeness (QED) is 0.652. The summed E-state index contributed by atoms with van der Waals surface area (Å²) in [7, 11) is 0. The molecule has 3 saturated carbocycles.